The minimum atomic E-state index is -0.153. The highest BCUT2D eigenvalue weighted by atomic mass is 16.2. The second kappa shape index (κ2) is 6.74. The van der Waals surface area contributed by atoms with Gasteiger partial charge in [-0.2, -0.15) is 0 Å². The summed E-state index contributed by atoms with van der Waals surface area (Å²) in [7, 11) is 3.55. The van der Waals surface area contributed by atoms with E-state index >= 15 is 0 Å². The van der Waals surface area contributed by atoms with Crippen LogP contribution in [0.1, 0.15) is 38.5 Å². The van der Waals surface area contributed by atoms with Crippen molar-refractivity contribution in [2.75, 3.05) is 19.4 Å². The zero-order valence-corrected chi connectivity index (χ0v) is 12.9. The predicted octanol–water partition coefficient (Wildman–Crippen LogP) is 3.05. The molecular formula is C17H24N2O2. The normalized spacial score (nSPS) is 16.5. The summed E-state index contributed by atoms with van der Waals surface area (Å²) in [5.41, 5.74) is 0.662. The second-order valence-electron chi connectivity index (χ2n) is 6.26. The molecule has 2 amide bonds. The molecule has 114 valence electrons. The molecular weight excluding hydrogens is 264 g/mol. The fraction of sp³-hybridized carbons (Fsp3) is 0.529. The summed E-state index contributed by atoms with van der Waals surface area (Å²) in [6.45, 7) is 0. The van der Waals surface area contributed by atoms with E-state index in [1.54, 1.807) is 19.0 Å². The molecule has 1 fully saturated rings. The van der Waals surface area contributed by atoms with Gasteiger partial charge in [0.05, 0.1) is 0 Å². The number of para-hydroxylation sites is 1. The van der Waals surface area contributed by atoms with Crippen molar-refractivity contribution in [3.63, 3.8) is 0 Å². The molecule has 0 bridgehead atoms. The molecule has 1 N–H and O–H groups in total. The number of nitrogens with one attached hydrogen (secondary N) is 1. The maximum absolute atomic E-state index is 12.3. The summed E-state index contributed by atoms with van der Waals surface area (Å²) in [5.74, 6) is 0.124. The van der Waals surface area contributed by atoms with E-state index in [4.69, 9.17) is 0 Å². The van der Waals surface area contributed by atoms with E-state index in [2.05, 4.69) is 5.32 Å². The second-order valence-corrected chi connectivity index (χ2v) is 6.26. The van der Waals surface area contributed by atoms with Gasteiger partial charge in [0.1, 0.15) is 0 Å². The van der Waals surface area contributed by atoms with E-state index in [1.807, 2.05) is 30.3 Å². The Kier molecular flexibility index (Phi) is 4.99. The highest BCUT2D eigenvalue weighted by Crippen LogP contribution is 2.44. The summed E-state index contributed by atoms with van der Waals surface area (Å²) >= 11 is 0. The number of nitrogens with zero attached hydrogens (tertiary/aromatic N) is 1. The minimum absolute atomic E-state index is 0.00894. The molecule has 0 saturated heterocycles. The van der Waals surface area contributed by atoms with Gasteiger partial charge < -0.3 is 10.2 Å². The van der Waals surface area contributed by atoms with Crippen LogP contribution >= 0.6 is 0 Å². The van der Waals surface area contributed by atoms with E-state index in [1.165, 1.54) is 0 Å². The van der Waals surface area contributed by atoms with Crippen molar-refractivity contribution in [2.24, 2.45) is 5.41 Å². The van der Waals surface area contributed by atoms with Crippen LogP contribution in [-0.2, 0) is 9.59 Å². The maximum atomic E-state index is 12.3. The van der Waals surface area contributed by atoms with Crippen LogP contribution in [0.4, 0.5) is 5.69 Å². The summed E-state index contributed by atoms with van der Waals surface area (Å²) in [4.78, 5) is 25.9. The number of hydrogen-bond donors (Lipinski definition) is 1. The lowest BCUT2D eigenvalue weighted by molar-refractivity contribution is -0.131. The molecule has 1 aliphatic carbocycles. The molecule has 1 aliphatic rings. The average Bonchev–Trinajstić information content (AvgIpc) is 2.87. The van der Waals surface area contributed by atoms with Crippen LogP contribution in [0.5, 0.6) is 0 Å². The Morgan fingerprint density at radius 2 is 1.71 bits per heavy atom. The molecule has 0 radical (unpaired) electrons. The van der Waals surface area contributed by atoms with Crippen molar-refractivity contribution >= 4 is 17.5 Å². The molecule has 1 aromatic carbocycles. The Bertz CT molecular complexity index is 491. The monoisotopic (exact) mass is 288 g/mol. The van der Waals surface area contributed by atoms with Crippen molar-refractivity contribution < 1.29 is 9.59 Å². The van der Waals surface area contributed by atoms with Crippen LogP contribution in [0.3, 0.4) is 0 Å². The molecule has 0 aliphatic heterocycles. The summed E-state index contributed by atoms with van der Waals surface area (Å²) in [6, 6.07) is 9.48. The van der Waals surface area contributed by atoms with Gasteiger partial charge in [-0.1, -0.05) is 31.0 Å². The molecule has 1 aromatic rings. The highest BCUT2D eigenvalue weighted by Gasteiger charge is 2.38. The van der Waals surface area contributed by atoms with Gasteiger partial charge in [0, 0.05) is 32.6 Å². The average molecular weight is 288 g/mol. The molecule has 0 spiro atoms. The van der Waals surface area contributed by atoms with Crippen molar-refractivity contribution in [1.29, 1.82) is 0 Å². The van der Waals surface area contributed by atoms with Crippen LogP contribution in [-0.4, -0.2) is 30.8 Å². The third-order valence-electron chi connectivity index (χ3n) is 4.28. The van der Waals surface area contributed by atoms with Crippen LogP contribution in [0.25, 0.3) is 0 Å². The Balaban J connectivity index is 1.99. The molecule has 0 heterocycles. The fourth-order valence-corrected chi connectivity index (χ4v) is 3.09. The van der Waals surface area contributed by atoms with Gasteiger partial charge in [0.15, 0.2) is 0 Å². The van der Waals surface area contributed by atoms with E-state index in [9.17, 15) is 9.59 Å². The first-order valence-electron chi connectivity index (χ1n) is 7.56. The van der Waals surface area contributed by atoms with Gasteiger partial charge in [-0.15, -0.1) is 0 Å². The molecule has 0 atom stereocenters. The SMILES string of the molecule is CN(C)C(=O)CC1(CC(=O)Nc2ccccc2)CCCC1. The van der Waals surface area contributed by atoms with E-state index in [-0.39, 0.29) is 17.2 Å². The number of benzene rings is 1. The zero-order chi connectivity index (χ0) is 15.3. The lowest BCUT2D eigenvalue weighted by atomic mass is 9.78. The van der Waals surface area contributed by atoms with E-state index in [0.717, 1.165) is 31.4 Å². The minimum Gasteiger partial charge on any atom is -0.349 e. The number of anilines is 1. The van der Waals surface area contributed by atoms with Gasteiger partial charge in [0.2, 0.25) is 11.8 Å². The fourth-order valence-electron chi connectivity index (χ4n) is 3.09. The molecule has 4 heteroatoms. The van der Waals surface area contributed by atoms with Crippen LogP contribution in [0, 0.1) is 5.41 Å². The highest BCUT2D eigenvalue weighted by molar-refractivity contribution is 5.91. The van der Waals surface area contributed by atoms with Gasteiger partial charge in [-0.3, -0.25) is 9.59 Å². The molecule has 0 aromatic heterocycles. The third kappa shape index (κ3) is 4.31. The largest absolute Gasteiger partial charge is 0.349 e. The molecule has 2 rings (SSSR count). The lowest BCUT2D eigenvalue weighted by Crippen LogP contribution is -2.32. The van der Waals surface area contributed by atoms with Crippen molar-refractivity contribution in [3.8, 4) is 0 Å². The first-order valence-corrected chi connectivity index (χ1v) is 7.56. The first kappa shape index (κ1) is 15.5. The van der Waals surface area contributed by atoms with E-state index in [0.29, 0.717) is 12.8 Å². The molecule has 21 heavy (non-hydrogen) atoms. The zero-order valence-electron chi connectivity index (χ0n) is 12.9. The Labute approximate surface area is 126 Å². The number of rotatable bonds is 5. The number of amides is 2. The smallest absolute Gasteiger partial charge is 0.224 e. The third-order valence-corrected chi connectivity index (χ3v) is 4.28. The Morgan fingerprint density at radius 3 is 2.29 bits per heavy atom. The van der Waals surface area contributed by atoms with Crippen molar-refractivity contribution in [3.05, 3.63) is 30.3 Å². The van der Waals surface area contributed by atoms with Gasteiger partial charge >= 0.3 is 0 Å². The molecule has 1 saturated carbocycles. The van der Waals surface area contributed by atoms with Crippen LogP contribution in [0.15, 0.2) is 30.3 Å². The standard InChI is InChI=1S/C17H24N2O2/c1-19(2)16(21)13-17(10-6-7-11-17)12-15(20)18-14-8-4-3-5-9-14/h3-5,8-9H,6-7,10-13H2,1-2H3,(H,18,20). The lowest BCUT2D eigenvalue weighted by Gasteiger charge is -2.29. The van der Waals surface area contributed by atoms with Crippen LogP contribution in [0.2, 0.25) is 0 Å². The van der Waals surface area contributed by atoms with Gasteiger partial charge in [-0.05, 0) is 30.4 Å². The predicted molar refractivity (Wildman–Crippen MR) is 83.9 cm³/mol. The number of carbonyl (C=O) groups excluding carboxylic acids is 2. The Hall–Kier alpha value is -1.84. The Morgan fingerprint density at radius 1 is 1.10 bits per heavy atom. The summed E-state index contributed by atoms with van der Waals surface area (Å²) < 4.78 is 0. The first-order chi connectivity index (χ1) is 10.0. The van der Waals surface area contributed by atoms with Crippen molar-refractivity contribution in [2.45, 2.75) is 38.5 Å². The quantitative estimate of drug-likeness (QED) is 0.905. The topological polar surface area (TPSA) is 49.4 Å². The molecule has 0 unspecified atom stereocenters. The maximum Gasteiger partial charge on any atom is 0.224 e. The number of carbonyl (C=O) groups is 2. The van der Waals surface area contributed by atoms with Gasteiger partial charge in [-0.25, -0.2) is 0 Å². The molecule has 4 nitrogen and oxygen atoms in total. The summed E-state index contributed by atoms with van der Waals surface area (Å²) in [6.07, 6.45) is 5.06. The van der Waals surface area contributed by atoms with Gasteiger partial charge in [0.25, 0.3) is 0 Å². The number of hydrogen-bond acceptors (Lipinski definition) is 2. The van der Waals surface area contributed by atoms with E-state index < -0.39 is 0 Å². The van der Waals surface area contributed by atoms with Crippen molar-refractivity contribution in [1.82, 2.24) is 4.90 Å². The summed E-state index contributed by atoms with van der Waals surface area (Å²) in [5, 5.41) is 2.93. The van der Waals surface area contributed by atoms with Crippen LogP contribution < -0.4 is 5.32 Å².